The minimum atomic E-state index is -0.285. The molecule has 0 atom stereocenters. The summed E-state index contributed by atoms with van der Waals surface area (Å²) < 4.78 is 11.0. The number of hydrogen-bond donors (Lipinski definition) is 2. The van der Waals surface area contributed by atoms with Gasteiger partial charge in [0.05, 0.1) is 0 Å². The van der Waals surface area contributed by atoms with Crippen LogP contribution in [0.3, 0.4) is 0 Å². The number of fused-ring (bicyclic) bond motifs is 1. The van der Waals surface area contributed by atoms with Gasteiger partial charge in [0.1, 0.15) is 19.8 Å². The molecule has 0 unspecified atom stereocenters. The van der Waals surface area contributed by atoms with Gasteiger partial charge >= 0.3 is 0 Å². The number of rotatable bonds is 5. The van der Waals surface area contributed by atoms with Gasteiger partial charge in [-0.2, -0.15) is 0 Å². The van der Waals surface area contributed by atoms with E-state index in [0.29, 0.717) is 48.2 Å². The van der Waals surface area contributed by atoms with Crippen LogP contribution in [-0.2, 0) is 4.79 Å². The number of halogens is 1. The average molecular weight is 392 g/mol. The monoisotopic (exact) mass is 391 g/mol. The van der Waals surface area contributed by atoms with Gasteiger partial charge in [0.2, 0.25) is 5.91 Å². The minimum absolute atomic E-state index is 0. The molecule has 7 nitrogen and oxygen atoms in total. The smallest absolute Gasteiger partial charge is 0.254 e. The summed E-state index contributed by atoms with van der Waals surface area (Å²) >= 11 is 0. The molecule has 144 valence electrons. The Morgan fingerprint density at radius 3 is 2.41 bits per heavy atom. The largest absolute Gasteiger partial charge is 0.486 e. The second-order valence-corrected chi connectivity index (χ2v) is 5.85. The molecule has 3 N–H and O–H groups in total. The van der Waals surface area contributed by atoms with Crippen LogP contribution >= 0.6 is 12.4 Å². The Hall–Kier alpha value is -2.93. The van der Waals surface area contributed by atoms with E-state index in [2.05, 4.69) is 5.32 Å². The number of nitrogens with one attached hydrogen (secondary N) is 1. The number of carbonyl (C=O) groups is 2. The fourth-order valence-corrected chi connectivity index (χ4v) is 2.63. The molecule has 0 radical (unpaired) electrons. The van der Waals surface area contributed by atoms with E-state index in [-0.39, 0.29) is 30.8 Å². The second kappa shape index (κ2) is 9.14. The zero-order valence-electron chi connectivity index (χ0n) is 14.9. The maximum Gasteiger partial charge on any atom is 0.254 e. The van der Waals surface area contributed by atoms with Crippen LogP contribution in [0.25, 0.3) is 0 Å². The number of nitrogens with two attached hydrogens (primary N) is 1. The molecule has 0 bridgehead atoms. The standard InChI is InChI=1S/C19H21N3O4.ClH/c1-2-22(19(24)13-3-5-14(20)6-4-13)12-18(23)21-15-7-8-16-17(11-15)26-10-9-25-16;/h3-8,11H,2,9-10,12,20H2,1H3,(H,21,23);1H. The maximum atomic E-state index is 12.5. The van der Waals surface area contributed by atoms with Gasteiger partial charge in [-0.3, -0.25) is 9.59 Å². The highest BCUT2D eigenvalue weighted by atomic mass is 35.5. The SMILES string of the molecule is CCN(CC(=O)Nc1ccc2c(c1)OCCO2)C(=O)c1ccc(N)cc1.Cl. The summed E-state index contributed by atoms with van der Waals surface area (Å²) in [5.74, 6) is 0.749. The number of likely N-dealkylation sites (N-methyl/N-ethyl adjacent to an activating group) is 1. The van der Waals surface area contributed by atoms with Crippen molar-refractivity contribution in [3.05, 3.63) is 48.0 Å². The first-order valence-electron chi connectivity index (χ1n) is 8.41. The summed E-state index contributed by atoms with van der Waals surface area (Å²) in [4.78, 5) is 26.3. The van der Waals surface area contributed by atoms with Crippen LogP contribution in [0.2, 0.25) is 0 Å². The molecule has 0 saturated carbocycles. The van der Waals surface area contributed by atoms with Crippen LogP contribution in [0, 0.1) is 0 Å². The first-order valence-corrected chi connectivity index (χ1v) is 8.41. The number of benzene rings is 2. The summed E-state index contributed by atoms with van der Waals surface area (Å²) in [6, 6.07) is 11.8. The Labute approximate surface area is 163 Å². The third kappa shape index (κ3) is 5.04. The molecule has 1 aliphatic heterocycles. The molecule has 2 aromatic rings. The highest BCUT2D eigenvalue weighted by Crippen LogP contribution is 2.32. The normalized spacial score (nSPS) is 11.9. The lowest BCUT2D eigenvalue weighted by molar-refractivity contribution is -0.116. The van der Waals surface area contributed by atoms with E-state index in [1.807, 2.05) is 6.92 Å². The van der Waals surface area contributed by atoms with E-state index in [9.17, 15) is 9.59 Å². The summed E-state index contributed by atoms with van der Waals surface area (Å²) in [6.07, 6.45) is 0. The van der Waals surface area contributed by atoms with Gasteiger partial charge in [0, 0.05) is 29.5 Å². The second-order valence-electron chi connectivity index (χ2n) is 5.85. The van der Waals surface area contributed by atoms with Gasteiger partial charge in [-0.25, -0.2) is 0 Å². The third-order valence-electron chi connectivity index (χ3n) is 3.99. The van der Waals surface area contributed by atoms with Crippen molar-refractivity contribution >= 4 is 35.6 Å². The molecule has 0 aromatic heterocycles. The summed E-state index contributed by atoms with van der Waals surface area (Å²) in [6.45, 7) is 3.18. The minimum Gasteiger partial charge on any atom is -0.486 e. The van der Waals surface area contributed by atoms with Crippen LogP contribution in [0.4, 0.5) is 11.4 Å². The topological polar surface area (TPSA) is 93.9 Å². The molecular formula is C19H22ClN3O4. The molecule has 3 rings (SSSR count). The maximum absolute atomic E-state index is 12.5. The highest BCUT2D eigenvalue weighted by Gasteiger charge is 2.18. The van der Waals surface area contributed by atoms with E-state index in [1.54, 1.807) is 42.5 Å². The van der Waals surface area contributed by atoms with Gasteiger partial charge < -0.3 is 25.4 Å². The van der Waals surface area contributed by atoms with Crippen LogP contribution in [-0.4, -0.2) is 43.0 Å². The number of anilines is 2. The van der Waals surface area contributed by atoms with E-state index < -0.39 is 0 Å². The molecule has 0 spiro atoms. The molecular weight excluding hydrogens is 370 g/mol. The van der Waals surface area contributed by atoms with E-state index in [4.69, 9.17) is 15.2 Å². The first-order chi connectivity index (χ1) is 12.6. The van der Waals surface area contributed by atoms with Crippen molar-refractivity contribution in [3.8, 4) is 11.5 Å². The van der Waals surface area contributed by atoms with Crippen molar-refractivity contribution in [3.63, 3.8) is 0 Å². The zero-order chi connectivity index (χ0) is 18.5. The van der Waals surface area contributed by atoms with Crippen molar-refractivity contribution < 1.29 is 19.1 Å². The van der Waals surface area contributed by atoms with Gasteiger partial charge in [-0.1, -0.05) is 0 Å². The number of ether oxygens (including phenoxy) is 2. The number of hydrogen-bond acceptors (Lipinski definition) is 5. The lowest BCUT2D eigenvalue weighted by Gasteiger charge is -2.21. The quantitative estimate of drug-likeness (QED) is 0.764. The average Bonchev–Trinajstić information content (AvgIpc) is 2.66. The first kappa shape index (κ1) is 20.4. The van der Waals surface area contributed by atoms with Gasteiger partial charge in [-0.05, 0) is 43.3 Å². The Morgan fingerprint density at radius 2 is 1.74 bits per heavy atom. The predicted octanol–water partition coefficient (Wildman–Crippen LogP) is 2.56. The number of nitrogen functional groups attached to an aromatic ring is 1. The molecule has 0 fully saturated rings. The van der Waals surface area contributed by atoms with Crippen molar-refractivity contribution in [2.24, 2.45) is 0 Å². The van der Waals surface area contributed by atoms with Crippen LogP contribution in [0.1, 0.15) is 17.3 Å². The third-order valence-corrected chi connectivity index (χ3v) is 3.99. The molecule has 0 aliphatic carbocycles. The summed E-state index contributed by atoms with van der Waals surface area (Å²) in [7, 11) is 0. The fraction of sp³-hybridized carbons (Fsp3) is 0.263. The number of amides is 2. The Balaban J connectivity index is 0.00000261. The van der Waals surface area contributed by atoms with E-state index in [0.717, 1.165) is 0 Å². The van der Waals surface area contributed by atoms with E-state index >= 15 is 0 Å². The molecule has 1 heterocycles. The van der Waals surface area contributed by atoms with Crippen molar-refractivity contribution in [2.45, 2.75) is 6.92 Å². The lowest BCUT2D eigenvalue weighted by Crippen LogP contribution is -2.37. The zero-order valence-corrected chi connectivity index (χ0v) is 15.8. The van der Waals surface area contributed by atoms with Crippen molar-refractivity contribution in [2.75, 3.05) is 37.4 Å². The Bertz CT molecular complexity index is 811. The lowest BCUT2D eigenvalue weighted by atomic mass is 10.2. The summed E-state index contributed by atoms with van der Waals surface area (Å²) in [5, 5.41) is 2.78. The van der Waals surface area contributed by atoms with Crippen LogP contribution in [0.5, 0.6) is 11.5 Å². The predicted molar refractivity (Wildman–Crippen MR) is 106 cm³/mol. The fourth-order valence-electron chi connectivity index (χ4n) is 2.63. The molecule has 2 amide bonds. The van der Waals surface area contributed by atoms with Crippen molar-refractivity contribution in [1.82, 2.24) is 4.90 Å². The summed E-state index contributed by atoms with van der Waals surface area (Å²) in [5.41, 5.74) is 7.31. The molecule has 1 aliphatic rings. The van der Waals surface area contributed by atoms with Crippen LogP contribution in [0.15, 0.2) is 42.5 Å². The van der Waals surface area contributed by atoms with Crippen LogP contribution < -0.4 is 20.5 Å². The Morgan fingerprint density at radius 1 is 1.07 bits per heavy atom. The van der Waals surface area contributed by atoms with Gasteiger partial charge in [-0.15, -0.1) is 12.4 Å². The molecule has 8 heteroatoms. The Kier molecular flexibility index (Phi) is 6.90. The number of nitrogens with zero attached hydrogens (tertiary/aromatic N) is 1. The molecule has 27 heavy (non-hydrogen) atoms. The molecule has 2 aromatic carbocycles. The van der Waals surface area contributed by atoms with E-state index in [1.165, 1.54) is 4.90 Å². The van der Waals surface area contributed by atoms with Gasteiger partial charge in [0.15, 0.2) is 11.5 Å². The van der Waals surface area contributed by atoms with Gasteiger partial charge in [0.25, 0.3) is 5.91 Å². The van der Waals surface area contributed by atoms with Crippen molar-refractivity contribution in [1.29, 1.82) is 0 Å². The molecule has 0 saturated heterocycles. The number of carbonyl (C=O) groups excluding carboxylic acids is 2. The highest BCUT2D eigenvalue weighted by molar-refractivity contribution is 5.99.